The van der Waals surface area contributed by atoms with Gasteiger partial charge in [0, 0.05) is 6.04 Å². The summed E-state index contributed by atoms with van der Waals surface area (Å²) in [7, 11) is 0. The van der Waals surface area contributed by atoms with Crippen LogP contribution < -0.4 is 10.1 Å². The normalized spacial score (nSPS) is 18.2. The van der Waals surface area contributed by atoms with Crippen molar-refractivity contribution in [2.75, 3.05) is 6.54 Å². The summed E-state index contributed by atoms with van der Waals surface area (Å²) in [5, 5.41) is 3.46. The first kappa shape index (κ1) is 15.0. The Bertz CT molecular complexity index is 598. The van der Waals surface area contributed by atoms with Gasteiger partial charge in [0.2, 0.25) is 0 Å². The molecule has 1 heterocycles. The highest BCUT2D eigenvalue weighted by Gasteiger charge is 2.18. The van der Waals surface area contributed by atoms with Crippen LogP contribution in [0.2, 0.25) is 0 Å². The zero-order valence-electron chi connectivity index (χ0n) is 12.9. The van der Waals surface area contributed by atoms with Gasteiger partial charge >= 0.3 is 0 Å². The van der Waals surface area contributed by atoms with Crippen LogP contribution in [0.15, 0.2) is 42.5 Å². The van der Waals surface area contributed by atoms with E-state index in [9.17, 15) is 4.39 Å². The van der Waals surface area contributed by atoms with Crippen LogP contribution in [0.4, 0.5) is 4.39 Å². The van der Waals surface area contributed by atoms with E-state index in [2.05, 4.69) is 5.32 Å². The average molecular weight is 299 g/mol. The molecule has 0 amide bonds. The molecular weight excluding hydrogens is 277 g/mol. The van der Waals surface area contributed by atoms with Gasteiger partial charge in [-0.3, -0.25) is 0 Å². The predicted molar refractivity (Wildman–Crippen MR) is 86.5 cm³/mol. The summed E-state index contributed by atoms with van der Waals surface area (Å²) in [4.78, 5) is 0. The molecule has 3 heteroatoms. The molecule has 2 aromatic rings. The molecule has 0 aromatic heterocycles. The van der Waals surface area contributed by atoms with Gasteiger partial charge in [0.25, 0.3) is 0 Å². The summed E-state index contributed by atoms with van der Waals surface area (Å²) in [6.07, 6.45) is 3.48. The van der Waals surface area contributed by atoms with Gasteiger partial charge in [-0.2, -0.15) is 0 Å². The van der Waals surface area contributed by atoms with E-state index in [0.29, 0.717) is 12.4 Å². The highest BCUT2D eigenvalue weighted by molar-refractivity contribution is 5.39. The van der Waals surface area contributed by atoms with Crippen molar-refractivity contribution in [3.05, 3.63) is 65.0 Å². The molecule has 1 unspecified atom stereocenters. The number of piperidine rings is 1. The molecule has 1 aliphatic heterocycles. The van der Waals surface area contributed by atoms with E-state index in [1.165, 1.54) is 12.8 Å². The van der Waals surface area contributed by atoms with Gasteiger partial charge in [-0.15, -0.1) is 0 Å². The SMILES string of the molecule is Cc1cc(C2CCCCN2)cc(F)c1OCc1ccccc1. The summed E-state index contributed by atoms with van der Waals surface area (Å²) in [6.45, 7) is 3.31. The molecule has 2 nitrogen and oxygen atoms in total. The van der Waals surface area contributed by atoms with Gasteiger partial charge in [-0.05, 0) is 49.1 Å². The third-order valence-electron chi connectivity index (χ3n) is 4.19. The van der Waals surface area contributed by atoms with Crippen molar-refractivity contribution in [1.82, 2.24) is 5.32 Å². The number of halogens is 1. The van der Waals surface area contributed by atoms with E-state index in [4.69, 9.17) is 4.74 Å². The number of rotatable bonds is 4. The number of benzene rings is 2. The maximum atomic E-state index is 14.4. The number of nitrogens with one attached hydrogen (secondary N) is 1. The quantitative estimate of drug-likeness (QED) is 0.895. The topological polar surface area (TPSA) is 21.3 Å². The fraction of sp³-hybridized carbons (Fsp3) is 0.368. The second-order valence-electron chi connectivity index (χ2n) is 5.93. The first-order chi connectivity index (χ1) is 10.7. The molecule has 0 bridgehead atoms. The lowest BCUT2D eigenvalue weighted by molar-refractivity contribution is 0.287. The first-order valence-electron chi connectivity index (χ1n) is 7.94. The molecule has 22 heavy (non-hydrogen) atoms. The highest BCUT2D eigenvalue weighted by atomic mass is 19.1. The van der Waals surface area contributed by atoms with E-state index in [0.717, 1.165) is 29.7 Å². The van der Waals surface area contributed by atoms with Crippen LogP contribution in [0.3, 0.4) is 0 Å². The number of hydrogen-bond donors (Lipinski definition) is 1. The minimum absolute atomic E-state index is 0.265. The van der Waals surface area contributed by atoms with Gasteiger partial charge in [0.05, 0.1) is 0 Å². The number of hydrogen-bond acceptors (Lipinski definition) is 2. The molecule has 0 saturated carbocycles. The Morgan fingerprint density at radius 3 is 2.68 bits per heavy atom. The van der Waals surface area contributed by atoms with Crippen LogP contribution in [-0.2, 0) is 6.61 Å². The molecule has 0 spiro atoms. The molecule has 1 atom stereocenters. The van der Waals surface area contributed by atoms with E-state index < -0.39 is 0 Å². The van der Waals surface area contributed by atoms with Gasteiger partial charge in [0.15, 0.2) is 11.6 Å². The Hall–Kier alpha value is -1.87. The van der Waals surface area contributed by atoms with Crippen molar-refractivity contribution in [2.45, 2.75) is 38.8 Å². The number of ether oxygens (including phenoxy) is 1. The minimum Gasteiger partial charge on any atom is -0.486 e. The lowest BCUT2D eigenvalue weighted by atomic mass is 9.96. The van der Waals surface area contributed by atoms with Crippen LogP contribution in [0, 0.1) is 12.7 Å². The summed E-state index contributed by atoms with van der Waals surface area (Å²) < 4.78 is 20.1. The number of aryl methyl sites for hydroxylation is 1. The summed E-state index contributed by atoms with van der Waals surface area (Å²) in [5.74, 6) is 0.0988. The van der Waals surface area contributed by atoms with Crippen molar-refractivity contribution in [3.63, 3.8) is 0 Å². The summed E-state index contributed by atoms with van der Waals surface area (Å²) in [5.41, 5.74) is 2.93. The van der Waals surface area contributed by atoms with Crippen LogP contribution in [0.1, 0.15) is 42.0 Å². The fourth-order valence-electron chi connectivity index (χ4n) is 3.01. The summed E-state index contributed by atoms with van der Waals surface area (Å²) in [6, 6.07) is 13.8. The van der Waals surface area contributed by atoms with E-state index >= 15 is 0 Å². The van der Waals surface area contributed by atoms with Crippen LogP contribution >= 0.6 is 0 Å². The maximum absolute atomic E-state index is 14.4. The van der Waals surface area contributed by atoms with E-state index in [1.807, 2.05) is 43.3 Å². The lowest BCUT2D eigenvalue weighted by Gasteiger charge is -2.24. The molecule has 0 aliphatic carbocycles. The Kier molecular flexibility index (Phi) is 4.74. The minimum atomic E-state index is -0.265. The Labute approximate surface area is 131 Å². The second-order valence-corrected chi connectivity index (χ2v) is 5.93. The van der Waals surface area contributed by atoms with Crippen LogP contribution in [0.25, 0.3) is 0 Å². The molecule has 1 fully saturated rings. The van der Waals surface area contributed by atoms with E-state index in [1.54, 1.807) is 6.07 Å². The standard InChI is InChI=1S/C19H22FNO/c1-14-11-16(18-9-5-6-10-21-18)12-17(20)19(14)22-13-15-7-3-2-4-8-15/h2-4,7-8,11-12,18,21H,5-6,9-10,13H2,1H3. The fourth-order valence-corrected chi connectivity index (χ4v) is 3.01. The molecular formula is C19H22FNO. The monoisotopic (exact) mass is 299 g/mol. The van der Waals surface area contributed by atoms with Gasteiger partial charge in [-0.25, -0.2) is 4.39 Å². The Morgan fingerprint density at radius 2 is 2.00 bits per heavy atom. The van der Waals surface area contributed by atoms with E-state index in [-0.39, 0.29) is 11.9 Å². The highest BCUT2D eigenvalue weighted by Crippen LogP contribution is 2.30. The zero-order chi connectivity index (χ0) is 15.4. The van der Waals surface area contributed by atoms with Gasteiger partial charge in [0.1, 0.15) is 6.61 Å². The molecule has 116 valence electrons. The van der Waals surface area contributed by atoms with Crippen molar-refractivity contribution in [1.29, 1.82) is 0 Å². The zero-order valence-corrected chi connectivity index (χ0v) is 12.9. The van der Waals surface area contributed by atoms with Gasteiger partial charge in [-0.1, -0.05) is 42.8 Å². The molecule has 3 rings (SSSR count). The smallest absolute Gasteiger partial charge is 0.165 e. The Balaban J connectivity index is 1.74. The lowest BCUT2D eigenvalue weighted by Crippen LogP contribution is -2.26. The first-order valence-corrected chi connectivity index (χ1v) is 7.94. The third kappa shape index (κ3) is 3.47. The molecule has 1 N–H and O–H groups in total. The molecule has 0 radical (unpaired) electrons. The summed E-state index contributed by atoms with van der Waals surface area (Å²) >= 11 is 0. The molecule has 2 aromatic carbocycles. The van der Waals surface area contributed by atoms with Gasteiger partial charge < -0.3 is 10.1 Å². The maximum Gasteiger partial charge on any atom is 0.165 e. The second kappa shape index (κ2) is 6.93. The predicted octanol–water partition coefficient (Wildman–Crippen LogP) is 4.53. The largest absolute Gasteiger partial charge is 0.486 e. The third-order valence-corrected chi connectivity index (χ3v) is 4.19. The van der Waals surface area contributed by atoms with Crippen molar-refractivity contribution in [2.24, 2.45) is 0 Å². The van der Waals surface area contributed by atoms with Crippen molar-refractivity contribution in [3.8, 4) is 5.75 Å². The molecule has 1 aliphatic rings. The molecule has 1 saturated heterocycles. The van der Waals surface area contributed by atoms with Crippen molar-refractivity contribution >= 4 is 0 Å². The van der Waals surface area contributed by atoms with Crippen LogP contribution in [-0.4, -0.2) is 6.54 Å². The Morgan fingerprint density at radius 1 is 1.18 bits per heavy atom. The van der Waals surface area contributed by atoms with Crippen LogP contribution in [0.5, 0.6) is 5.75 Å². The average Bonchev–Trinajstić information content (AvgIpc) is 2.56. The van der Waals surface area contributed by atoms with Crippen molar-refractivity contribution < 1.29 is 9.13 Å².